The van der Waals surface area contributed by atoms with E-state index in [1.54, 1.807) is 35.2 Å². The Morgan fingerprint density at radius 1 is 0.516 bits per heavy atom. The van der Waals surface area contributed by atoms with Crippen LogP contribution in [-0.4, -0.2) is 109 Å². The molecule has 390 valence electrons. The SMILES string of the molecule is C.C.C.C.C.C.C.C.COC(CC(C)=O)CC1CCCCC1.COC(CCCCC(=O)O)CC(C)=O.COC(CCCCCCC(=O)O)CC(C)=O.COC1(CC(C)=O)CC1C(=O)O. The lowest BCUT2D eigenvalue weighted by atomic mass is 9.84. The lowest BCUT2D eigenvalue weighted by Crippen LogP contribution is -2.22. The summed E-state index contributed by atoms with van der Waals surface area (Å²) in [4.78, 5) is 74.4. The number of Topliss-reactive ketones (excluding diaryl/α,β-unsaturated/α-hetero) is 4. The minimum absolute atomic E-state index is 0. The van der Waals surface area contributed by atoms with Gasteiger partial charge in [-0.25, -0.2) is 0 Å². The van der Waals surface area contributed by atoms with E-state index in [1.165, 1.54) is 53.1 Å². The predicted molar refractivity (Wildman–Crippen MR) is 266 cm³/mol. The van der Waals surface area contributed by atoms with E-state index < -0.39 is 29.4 Å². The maximum absolute atomic E-state index is 11.0. The van der Waals surface area contributed by atoms with Gasteiger partial charge in [0.2, 0.25) is 0 Å². The Balaban J connectivity index is -0.0000000731. The first kappa shape index (κ1) is 84.4. The van der Waals surface area contributed by atoms with Gasteiger partial charge >= 0.3 is 17.9 Å². The van der Waals surface area contributed by atoms with E-state index in [2.05, 4.69) is 0 Å². The monoisotopic (exact) mass is 931 g/mol. The molecule has 0 aromatic heterocycles. The molecule has 3 N–H and O–H groups in total. The molecule has 2 fully saturated rings. The van der Waals surface area contributed by atoms with Crippen molar-refractivity contribution >= 4 is 41.0 Å². The number of ketones is 4. The smallest absolute Gasteiger partial charge is 0.309 e. The van der Waals surface area contributed by atoms with Crippen molar-refractivity contribution in [1.29, 1.82) is 0 Å². The molecule has 0 aromatic rings. The Kier molecular flexibility index (Phi) is 67.1. The van der Waals surface area contributed by atoms with Crippen LogP contribution in [0.3, 0.4) is 0 Å². The predicted octanol–water partition coefficient (Wildman–Crippen LogP) is 12.5. The number of carboxylic acid groups (broad SMARTS) is 3. The maximum atomic E-state index is 11.0. The van der Waals surface area contributed by atoms with Gasteiger partial charge in [-0.05, 0) is 72.1 Å². The molecule has 0 heterocycles. The molecule has 5 atom stereocenters. The third-order valence-electron chi connectivity index (χ3n) is 9.98. The Labute approximate surface area is 394 Å². The van der Waals surface area contributed by atoms with Gasteiger partial charge in [-0.1, -0.05) is 117 Å². The van der Waals surface area contributed by atoms with Crippen LogP contribution >= 0.6 is 0 Å². The first-order chi connectivity index (χ1) is 26.4. The molecule has 0 bridgehead atoms. The summed E-state index contributed by atoms with van der Waals surface area (Å²) < 4.78 is 20.7. The number of unbranched alkanes of at least 4 members (excludes halogenated alkanes) is 4. The van der Waals surface area contributed by atoms with Crippen molar-refractivity contribution in [3.63, 3.8) is 0 Å². The fraction of sp³-hybridized carbons (Fsp3) is 0.860. The number of carboxylic acids is 3. The summed E-state index contributed by atoms with van der Waals surface area (Å²) in [6.07, 6.45) is 17.3. The molecule has 5 unspecified atom stereocenters. The van der Waals surface area contributed by atoms with E-state index in [1.807, 2.05) is 0 Å². The summed E-state index contributed by atoms with van der Waals surface area (Å²) in [5.41, 5.74) is -0.697. The van der Waals surface area contributed by atoms with Gasteiger partial charge in [0.05, 0.1) is 29.8 Å². The van der Waals surface area contributed by atoms with Crippen LogP contribution < -0.4 is 0 Å². The Morgan fingerprint density at radius 2 is 0.875 bits per heavy atom. The second kappa shape index (κ2) is 50.9. The quantitative estimate of drug-likeness (QED) is 0.0653. The van der Waals surface area contributed by atoms with Gasteiger partial charge in [0.1, 0.15) is 23.1 Å². The average molecular weight is 931 g/mol. The highest BCUT2D eigenvalue weighted by atomic mass is 16.5. The molecule has 0 saturated heterocycles. The highest BCUT2D eigenvalue weighted by Gasteiger charge is 2.59. The van der Waals surface area contributed by atoms with E-state index in [-0.39, 0.29) is 120 Å². The number of ether oxygens (including phenoxy) is 4. The molecule has 0 aromatic carbocycles. The number of hydrogen-bond acceptors (Lipinski definition) is 11. The number of hydrogen-bond donors (Lipinski definition) is 3. The normalized spacial score (nSPS) is 16.5. The Morgan fingerprint density at radius 3 is 1.19 bits per heavy atom. The molecule has 64 heavy (non-hydrogen) atoms. The van der Waals surface area contributed by atoms with Crippen LogP contribution in [0.5, 0.6) is 0 Å². The van der Waals surface area contributed by atoms with E-state index in [9.17, 15) is 33.6 Å². The molecule has 2 aliphatic carbocycles. The molecular formula is C50H106O14. The van der Waals surface area contributed by atoms with Crippen LogP contribution in [0.25, 0.3) is 0 Å². The van der Waals surface area contributed by atoms with Crippen LogP contribution in [0.1, 0.15) is 222 Å². The first-order valence-electron chi connectivity index (χ1n) is 20.1. The summed E-state index contributed by atoms with van der Waals surface area (Å²) in [6, 6.07) is 0. The fourth-order valence-corrected chi connectivity index (χ4v) is 6.79. The van der Waals surface area contributed by atoms with Gasteiger partial charge in [-0.3, -0.25) is 33.6 Å². The molecule has 0 radical (unpaired) electrons. The molecular weight excluding hydrogens is 825 g/mol. The molecule has 2 rings (SSSR count). The van der Waals surface area contributed by atoms with Crippen LogP contribution in [0.2, 0.25) is 0 Å². The Bertz CT molecular complexity index is 1150. The van der Waals surface area contributed by atoms with E-state index >= 15 is 0 Å². The van der Waals surface area contributed by atoms with Gasteiger partial charge in [0.15, 0.2) is 0 Å². The third-order valence-corrected chi connectivity index (χ3v) is 9.98. The summed E-state index contributed by atoms with van der Waals surface area (Å²) >= 11 is 0. The van der Waals surface area contributed by atoms with Gasteiger partial charge in [-0.2, -0.15) is 0 Å². The molecule has 2 saturated carbocycles. The number of methoxy groups -OCH3 is 4. The molecule has 2 aliphatic rings. The Hall–Kier alpha value is -3.07. The zero-order valence-electron chi connectivity index (χ0n) is 35.6. The van der Waals surface area contributed by atoms with Crippen molar-refractivity contribution in [2.75, 3.05) is 28.4 Å². The zero-order chi connectivity index (χ0) is 43.1. The van der Waals surface area contributed by atoms with Crippen molar-refractivity contribution in [2.45, 2.75) is 246 Å². The number of rotatable bonds is 27. The van der Waals surface area contributed by atoms with Crippen molar-refractivity contribution in [3.8, 4) is 0 Å². The minimum Gasteiger partial charge on any atom is -0.481 e. The van der Waals surface area contributed by atoms with Crippen molar-refractivity contribution in [1.82, 2.24) is 0 Å². The molecule has 14 nitrogen and oxygen atoms in total. The average Bonchev–Trinajstić information content (AvgIpc) is 3.84. The van der Waals surface area contributed by atoms with Crippen molar-refractivity contribution in [2.24, 2.45) is 11.8 Å². The molecule has 0 amide bonds. The molecule has 14 heteroatoms. The topological polar surface area (TPSA) is 217 Å². The van der Waals surface area contributed by atoms with Crippen LogP contribution in [0.4, 0.5) is 0 Å². The second-order valence-corrected chi connectivity index (χ2v) is 15.3. The minimum atomic E-state index is -0.877. The number of carbonyl (C=O) groups excluding carboxylic acids is 4. The van der Waals surface area contributed by atoms with Gasteiger partial charge in [-0.15, -0.1) is 0 Å². The lowest BCUT2D eigenvalue weighted by molar-refractivity contribution is -0.141. The molecule has 0 aliphatic heterocycles. The summed E-state index contributed by atoms with van der Waals surface area (Å²) in [7, 11) is 6.37. The van der Waals surface area contributed by atoms with E-state index in [0.717, 1.165) is 57.3 Å². The van der Waals surface area contributed by atoms with Gasteiger partial charge in [0.25, 0.3) is 0 Å². The largest absolute Gasteiger partial charge is 0.481 e. The molecule has 0 spiro atoms. The van der Waals surface area contributed by atoms with E-state index in [0.29, 0.717) is 32.1 Å². The van der Waals surface area contributed by atoms with Gasteiger partial charge in [0, 0.05) is 67.0 Å². The van der Waals surface area contributed by atoms with Gasteiger partial charge < -0.3 is 34.3 Å². The first-order valence-corrected chi connectivity index (χ1v) is 20.1. The van der Waals surface area contributed by atoms with Crippen LogP contribution in [-0.2, 0) is 52.5 Å². The third kappa shape index (κ3) is 48.4. The zero-order valence-corrected chi connectivity index (χ0v) is 35.6. The fourth-order valence-electron chi connectivity index (χ4n) is 6.79. The maximum Gasteiger partial charge on any atom is 0.309 e. The number of aliphatic carboxylic acids is 3. The number of carbonyl (C=O) groups is 7. The van der Waals surface area contributed by atoms with Crippen LogP contribution in [0.15, 0.2) is 0 Å². The van der Waals surface area contributed by atoms with Crippen LogP contribution in [0, 0.1) is 11.8 Å². The van der Waals surface area contributed by atoms with Crippen molar-refractivity contribution < 1.29 is 67.8 Å². The summed E-state index contributed by atoms with van der Waals surface area (Å²) in [5.74, 6) is -1.60. The standard InChI is InChI=1S/C12H22O4.C12H22O2.C10H18O4.C8H12O4.8CH4/c1-10(13)9-11(16-2)7-5-3-4-6-8-12(14)15;1-10(13)8-12(14-2)9-11-6-4-3-5-7-11;1-8(11)7-9(14-2)5-3-4-6-10(12)13;1-5(9)3-8(12-2)4-6(8)7(10)11;;;;;;;;/h11H,3-9H2,1-2H3,(H,14,15);11-12H,3-9H2,1-2H3;9H,3-7H2,1-2H3,(H,12,13);6H,3-4H2,1-2H3,(H,10,11);8*1H4. The summed E-state index contributed by atoms with van der Waals surface area (Å²) in [6.45, 7) is 6.19. The highest BCUT2D eigenvalue weighted by Crippen LogP contribution is 2.49. The highest BCUT2D eigenvalue weighted by molar-refractivity contribution is 5.82. The second-order valence-electron chi connectivity index (χ2n) is 15.3. The van der Waals surface area contributed by atoms with Crippen molar-refractivity contribution in [3.05, 3.63) is 0 Å². The summed E-state index contributed by atoms with van der Waals surface area (Å²) in [5, 5.41) is 25.5. The lowest BCUT2D eigenvalue weighted by Gasteiger charge is -2.25. The van der Waals surface area contributed by atoms with E-state index in [4.69, 9.17) is 34.3 Å².